The summed E-state index contributed by atoms with van der Waals surface area (Å²) in [5.41, 5.74) is 0.905. The van der Waals surface area contributed by atoms with E-state index in [1.807, 2.05) is 19.1 Å². The van der Waals surface area contributed by atoms with Crippen LogP contribution in [0.25, 0.3) is 0 Å². The zero-order valence-corrected chi connectivity index (χ0v) is 10.4. The van der Waals surface area contributed by atoms with Gasteiger partial charge in [0.05, 0.1) is 6.10 Å². The Hall–Kier alpha value is -0.450. The molecule has 0 aromatic carbocycles. The molecule has 3 nitrogen and oxygen atoms in total. The Morgan fingerprint density at radius 3 is 2.93 bits per heavy atom. The number of hydrogen-bond donors (Lipinski definition) is 1. The first-order chi connectivity index (χ1) is 7.22. The second-order valence-electron chi connectivity index (χ2n) is 3.31. The summed E-state index contributed by atoms with van der Waals surface area (Å²) in [6.45, 7) is 3.25. The third-order valence-corrected chi connectivity index (χ3v) is 2.50. The number of nitrogens with zero attached hydrogens (tertiary/aromatic N) is 1. The largest absolute Gasteiger partial charge is 0.393 e. The molecule has 0 aliphatic heterocycles. The summed E-state index contributed by atoms with van der Waals surface area (Å²) in [6, 6.07) is 3.84. The van der Waals surface area contributed by atoms with Gasteiger partial charge < -0.3 is 9.84 Å². The van der Waals surface area contributed by atoms with Crippen LogP contribution < -0.4 is 0 Å². The second kappa shape index (κ2) is 6.93. The van der Waals surface area contributed by atoms with Gasteiger partial charge in [-0.3, -0.25) is 4.98 Å². The molecule has 0 fully saturated rings. The van der Waals surface area contributed by atoms with Crippen molar-refractivity contribution in [3.05, 3.63) is 28.5 Å². The smallest absolute Gasteiger partial charge is 0.0617 e. The highest BCUT2D eigenvalue weighted by Crippen LogP contribution is 2.09. The average molecular weight is 274 g/mol. The van der Waals surface area contributed by atoms with Crippen molar-refractivity contribution in [1.29, 1.82) is 0 Å². The lowest BCUT2D eigenvalue weighted by molar-refractivity contribution is 0.0883. The number of rotatable bonds is 6. The van der Waals surface area contributed by atoms with Gasteiger partial charge >= 0.3 is 0 Å². The monoisotopic (exact) mass is 273 g/mol. The normalized spacial score (nSPS) is 12.7. The molecule has 1 unspecified atom stereocenters. The minimum atomic E-state index is -0.370. The van der Waals surface area contributed by atoms with Crippen LogP contribution in [0.5, 0.6) is 0 Å². The van der Waals surface area contributed by atoms with Crippen molar-refractivity contribution in [2.75, 3.05) is 13.2 Å². The molecule has 0 radical (unpaired) electrons. The zero-order valence-electron chi connectivity index (χ0n) is 8.82. The van der Waals surface area contributed by atoms with E-state index in [1.165, 1.54) is 0 Å². The van der Waals surface area contributed by atoms with Gasteiger partial charge in [-0.15, -0.1) is 0 Å². The highest BCUT2D eigenvalue weighted by molar-refractivity contribution is 9.10. The average Bonchev–Trinajstić information content (AvgIpc) is 2.22. The maximum Gasteiger partial charge on any atom is 0.0617 e. The van der Waals surface area contributed by atoms with Crippen molar-refractivity contribution >= 4 is 15.9 Å². The van der Waals surface area contributed by atoms with E-state index in [1.54, 1.807) is 6.20 Å². The Kier molecular flexibility index (Phi) is 5.83. The highest BCUT2D eigenvalue weighted by Gasteiger charge is 2.06. The molecule has 1 heterocycles. The number of ether oxygens (including phenoxy) is 1. The molecule has 0 bridgehead atoms. The molecule has 0 aliphatic carbocycles. The Bertz CT molecular complexity index is 276. The molecule has 1 rings (SSSR count). The van der Waals surface area contributed by atoms with Crippen LogP contribution >= 0.6 is 15.9 Å². The zero-order chi connectivity index (χ0) is 11.1. The van der Waals surface area contributed by atoms with Crippen molar-refractivity contribution in [2.24, 2.45) is 0 Å². The van der Waals surface area contributed by atoms with Crippen LogP contribution in [-0.2, 0) is 11.2 Å². The van der Waals surface area contributed by atoms with Gasteiger partial charge in [0.1, 0.15) is 0 Å². The minimum Gasteiger partial charge on any atom is -0.393 e. The molecule has 1 aromatic heterocycles. The highest BCUT2D eigenvalue weighted by atomic mass is 79.9. The maximum absolute atomic E-state index is 9.67. The fraction of sp³-hybridized carbons (Fsp3) is 0.545. The van der Waals surface area contributed by atoms with Crippen LogP contribution in [0.4, 0.5) is 0 Å². The predicted molar refractivity (Wildman–Crippen MR) is 62.8 cm³/mol. The molecule has 4 heteroatoms. The van der Waals surface area contributed by atoms with E-state index in [2.05, 4.69) is 20.9 Å². The predicted octanol–water partition coefficient (Wildman–Crippen LogP) is 2.17. The lowest BCUT2D eigenvalue weighted by Crippen LogP contribution is -2.14. The minimum absolute atomic E-state index is 0.370. The van der Waals surface area contributed by atoms with Gasteiger partial charge in [0.25, 0.3) is 0 Å². The molecule has 0 amide bonds. The molecule has 15 heavy (non-hydrogen) atoms. The number of aliphatic hydroxyl groups excluding tert-OH is 1. The van der Waals surface area contributed by atoms with Crippen LogP contribution in [0, 0.1) is 0 Å². The topological polar surface area (TPSA) is 42.4 Å². The summed E-state index contributed by atoms with van der Waals surface area (Å²) in [5, 5.41) is 9.67. The molecule has 0 aliphatic rings. The van der Waals surface area contributed by atoms with Gasteiger partial charge in [-0.05, 0) is 41.4 Å². The summed E-state index contributed by atoms with van der Waals surface area (Å²) < 4.78 is 6.13. The Labute approximate surface area is 98.6 Å². The molecule has 1 atom stereocenters. The molecule has 0 saturated carbocycles. The second-order valence-corrected chi connectivity index (χ2v) is 4.23. The Morgan fingerprint density at radius 2 is 2.33 bits per heavy atom. The van der Waals surface area contributed by atoms with Crippen molar-refractivity contribution in [1.82, 2.24) is 4.98 Å². The summed E-state index contributed by atoms with van der Waals surface area (Å²) in [5.74, 6) is 0. The molecular weight excluding hydrogens is 258 g/mol. The summed E-state index contributed by atoms with van der Waals surface area (Å²) in [4.78, 5) is 4.20. The first-order valence-electron chi connectivity index (χ1n) is 5.08. The molecular formula is C11H16BrNO2. The number of aromatic nitrogens is 1. The summed E-state index contributed by atoms with van der Waals surface area (Å²) in [7, 11) is 0. The quantitative estimate of drug-likeness (QED) is 0.808. The van der Waals surface area contributed by atoms with Gasteiger partial charge in [-0.2, -0.15) is 0 Å². The SMILES string of the molecule is CCOCCC(O)Cc1ccc(Br)cn1. The molecule has 0 saturated heterocycles. The lowest BCUT2D eigenvalue weighted by atomic mass is 10.1. The number of pyridine rings is 1. The fourth-order valence-corrected chi connectivity index (χ4v) is 1.47. The van der Waals surface area contributed by atoms with Crippen molar-refractivity contribution < 1.29 is 9.84 Å². The third-order valence-electron chi connectivity index (χ3n) is 2.03. The van der Waals surface area contributed by atoms with E-state index in [9.17, 15) is 5.11 Å². The van der Waals surface area contributed by atoms with E-state index < -0.39 is 0 Å². The van der Waals surface area contributed by atoms with Gasteiger partial charge in [0, 0.05) is 36.0 Å². The van der Waals surface area contributed by atoms with E-state index >= 15 is 0 Å². The molecule has 1 aromatic rings. The lowest BCUT2D eigenvalue weighted by Gasteiger charge is -2.09. The van der Waals surface area contributed by atoms with Crippen LogP contribution in [0.15, 0.2) is 22.8 Å². The summed E-state index contributed by atoms with van der Waals surface area (Å²) >= 11 is 3.32. The van der Waals surface area contributed by atoms with Gasteiger partial charge in [0.15, 0.2) is 0 Å². The van der Waals surface area contributed by atoms with E-state index in [0.29, 0.717) is 26.1 Å². The first-order valence-corrected chi connectivity index (χ1v) is 5.88. The van der Waals surface area contributed by atoms with Gasteiger partial charge in [-0.25, -0.2) is 0 Å². The standard InChI is InChI=1S/C11H16BrNO2/c1-2-15-6-5-11(14)7-10-4-3-9(12)8-13-10/h3-4,8,11,14H,2,5-7H2,1H3. The van der Waals surface area contributed by atoms with E-state index in [0.717, 1.165) is 10.2 Å². The van der Waals surface area contributed by atoms with E-state index in [4.69, 9.17) is 4.74 Å². The first kappa shape index (κ1) is 12.6. The maximum atomic E-state index is 9.67. The van der Waals surface area contributed by atoms with E-state index in [-0.39, 0.29) is 6.10 Å². The van der Waals surface area contributed by atoms with Crippen LogP contribution in [-0.4, -0.2) is 29.4 Å². The van der Waals surface area contributed by atoms with Crippen LogP contribution in [0.1, 0.15) is 19.0 Å². The van der Waals surface area contributed by atoms with Crippen molar-refractivity contribution in [2.45, 2.75) is 25.9 Å². The number of aliphatic hydroxyl groups is 1. The Morgan fingerprint density at radius 1 is 1.53 bits per heavy atom. The van der Waals surface area contributed by atoms with Gasteiger partial charge in [-0.1, -0.05) is 0 Å². The van der Waals surface area contributed by atoms with Gasteiger partial charge in [0.2, 0.25) is 0 Å². The summed E-state index contributed by atoms with van der Waals surface area (Å²) in [6.07, 6.45) is 2.61. The number of halogens is 1. The van der Waals surface area contributed by atoms with Crippen LogP contribution in [0.3, 0.4) is 0 Å². The Balaban J connectivity index is 2.31. The van der Waals surface area contributed by atoms with Crippen LogP contribution in [0.2, 0.25) is 0 Å². The third kappa shape index (κ3) is 5.25. The van der Waals surface area contributed by atoms with Crippen molar-refractivity contribution in [3.8, 4) is 0 Å². The molecule has 1 N–H and O–H groups in total. The number of hydrogen-bond acceptors (Lipinski definition) is 3. The molecule has 0 spiro atoms. The van der Waals surface area contributed by atoms with Crippen molar-refractivity contribution in [3.63, 3.8) is 0 Å². The fourth-order valence-electron chi connectivity index (χ4n) is 1.23. The molecule has 84 valence electrons.